The van der Waals surface area contributed by atoms with Crippen LogP contribution in [0.3, 0.4) is 0 Å². The molecule has 1 aromatic rings. The van der Waals surface area contributed by atoms with Crippen LogP contribution in [0.1, 0.15) is 42.7 Å². The van der Waals surface area contributed by atoms with E-state index in [0.717, 1.165) is 6.07 Å². The van der Waals surface area contributed by atoms with Crippen molar-refractivity contribution >= 4 is 11.8 Å². The number of halogens is 3. The van der Waals surface area contributed by atoms with E-state index >= 15 is 0 Å². The predicted octanol–water partition coefficient (Wildman–Crippen LogP) is 3.42. The van der Waals surface area contributed by atoms with Gasteiger partial charge in [0.05, 0.1) is 0 Å². The molecule has 0 saturated heterocycles. The van der Waals surface area contributed by atoms with Crippen molar-refractivity contribution in [2.75, 3.05) is 11.9 Å². The van der Waals surface area contributed by atoms with Crippen LogP contribution in [0.5, 0.6) is 0 Å². The second-order valence-electron chi connectivity index (χ2n) is 4.45. The molecular formula is C13H17F3N2O2. The number of nitrogens with zero attached hydrogens (tertiary/aromatic N) is 2. The minimum Gasteiger partial charge on any atom is -0.478 e. The molecule has 0 aliphatic rings. The van der Waals surface area contributed by atoms with Gasteiger partial charge in [-0.2, -0.15) is 13.2 Å². The van der Waals surface area contributed by atoms with Crippen molar-refractivity contribution in [3.05, 3.63) is 23.4 Å². The number of anilines is 1. The second kappa shape index (κ2) is 6.11. The van der Waals surface area contributed by atoms with E-state index in [0.29, 0.717) is 18.9 Å². The molecule has 7 heteroatoms. The van der Waals surface area contributed by atoms with Gasteiger partial charge >= 0.3 is 12.1 Å². The van der Waals surface area contributed by atoms with E-state index in [2.05, 4.69) is 4.98 Å². The maximum absolute atomic E-state index is 12.7. The second-order valence-corrected chi connectivity index (χ2v) is 4.45. The summed E-state index contributed by atoms with van der Waals surface area (Å²) >= 11 is 0. The normalized spacial score (nSPS) is 11.8. The van der Waals surface area contributed by atoms with Crippen LogP contribution in [0.4, 0.5) is 19.0 Å². The predicted molar refractivity (Wildman–Crippen MR) is 69.0 cm³/mol. The van der Waals surface area contributed by atoms with Crippen molar-refractivity contribution in [1.82, 2.24) is 4.98 Å². The number of rotatable bonds is 5. The maximum atomic E-state index is 12.7. The molecule has 0 aliphatic heterocycles. The maximum Gasteiger partial charge on any atom is 0.433 e. The van der Waals surface area contributed by atoms with Gasteiger partial charge in [0.25, 0.3) is 0 Å². The Bertz CT molecular complexity index is 485. The molecule has 0 fully saturated rings. The van der Waals surface area contributed by atoms with Crippen LogP contribution in [-0.2, 0) is 6.18 Å². The SMILES string of the molecule is CCC(CC)N(C)c1nc(C(F)(F)F)ccc1C(=O)O. The fourth-order valence-corrected chi connectivity index (χ4v) is 2.05. The Morgan fingerprint density at radius 2 is 1.90 bits per heavy atom. The molecule has 1 rings (SSSR count). The van der Waals surface area contributed by atoms with Crippen LogP contribution in [0, 0.1) is 0 Å². The third-order valence-corrected chi connectivity index (χ3v) is 3.22. The number of pyridine rings is 1. The zero-order valence-corrected chi connectivity index (χ0v) is 11.5. The summed E-state index contributed by atoms with van der Waals surface area (Å²) in [5, 5.41) is 9.09. The fraction of sp³-hybridized carbons (Fsp3) is 0.538. The van der Waals surface area contributed by atoms with Gasteiger partial charge in [-0.1, -0.05) is 13.8 Å². The lowest BCUT2D eigenvalue weighted by Gasteiger charge is -2.28. The number of carboxylic acids is 1. The quantitative estimate of drug-likeness (QED) is 0.902. The number of hydrogen-bond acceptors (Lipinski definition) is 3. The zero-order chi connectivity index (χ0) is 15.5. The van der Waals surface area contributed by atoms with Crippen LogP contribution in [0.25, 0.3) is 0 Å². The molecule has 1 N–H and O–H groups in total. The summed E-state index contributed by atoms with van der Waals surface area (Å²) in [4.78, 5) is 16.1. The minimum absolute atomic E-state index is 0.0657. The molecule has 0 radical (unpaired) electrons. The lowest BCUT2D eigenvalue weighted by molar-refractivity contribution is -0.141. The molecule has 1 aromatic heterocycles. The first kappa shape index (κ1) is 16.3. The van der Waals surface area contributed by atoms with Gasteiger partial charge in [0, 0.05) is 13.1 Å². The minimum atomic E-state index is -4.60. The average Bonchev–Trinajstić information content (AvgIpc) is 2.38. The molecule has 1 heterocycles. The summed E-state index contributed by atoms with van der Waals surface area (Å²) in [5.41, 5.74) is -1.32. The largest absolute Gasteiger partial charge is 0.478 e. The summed E-state index contributed by atoms with van der Waals surface area (Å²) in [6.45, 7) is 3.78. The van der Waals surface area contributed by atoms with Gasteiger partial charge in [-0.15, -0.1) is 0 Å². The van der Waals surface area contributed by atoms with E-state index in [4.69, 9.17) is 5.11 Å². The Kier molecular flexibility index (Phi) is 4.97. The Hall–Kier alpha value is -1.79. The lowest BCUT2D eigenvalue weighted by Crippen LogP contribution is -2.33. The van der Waals surface area contributed by atoms with Crippen molar-refractivity contribution in [1.29, 1.82) is 0 Å². The third kappa shape index (κ3) is 3.40. The Labute approximate surface area is 115 Å². The number of hydrogen-bond donors (Lipinski definition) is 1. The smallest absolute Gasteiger partial charge is 0.433 e. The summed E-state index contributed by atoms with van der Waals surface area (Å²) in [6, 6.07) is 1.57. The van der Waals surface area contributed by atoms with Crippen LogP contribution in [0.15, 0.2) is 12.1 Å². The highest BCUT2D eigenvalue weighted by Gasteiger charge is 2.34. The van der Waals surface area contributed by atoms with E-state index in [-0.39, 0.29) is 17.4 Å². The molecule has 0 atom stereocenters. The number of carboxylic acid groups (broad SMARTS) is 1. The molecule has 112 valence electrons. The number of alkyl halides is 3. The van der Waals surface area contributed by atoms with E-state index in [1.165, 1.54) is 4.90 Å². The summed E-state index contributed by atoms with van der Waals surface area (Å²) in [7, 11) is 1.56. The highest BCUT2D eigenvalue weighted by atomic mass is 19.4. The first-order valence-electron chi connectivity index (χ1n) is 6.26. The van der Waals surface area contributed by atoms with Crippen molar-refractivity contribution in [2.24, 2.45) is 0 Å². The molecule has 0 spiro atoms. The van der Waals surface area contributed by atoms with E-state index in [9.17, 15) is 18.0 Å². The highest BCUT2D eigenvalue weighted by molar-refractivity contribution is 5.93. The molecule has 0 amide bonds. The molecule has 0 unspecified atom stereocenters. The third-order valence-electron chi connectivity index (χ3n) is 3.22. The van der Waals surface area contributed by atoms with Gasteiger partial charge < -0.3 is 10.0 Å². The number of aromatic nitrogens is 1. The first-order valence-corrected chi connectivity index (χ1v) is 6.26. The van der Waals surface area contributed by atoms with Gasteiger partial charge in [-0.3, -0.25) is 0 Å². The number of aromatic carboxylic acids is 1. The average molecular weight is 290 g/mol. The van der Waals surface area contributed by atoms with E-state index < -0.39 is 17.8 Å². The first-order chi connectivity index (χ1) is 9.22. The van der Waals surface area contributed by atoms with Gasteiger partial charge in [0.1, 0.15) is 17.1 Å². The highest BCUT2D eigenvalue weighted by Crippen LogP contribution is 2.31. The van der Waals surface area contributed by atoms with Gasteiger partial charge in [-0.05, 0) is 25.0 Å². The Morgan fingerprint density at radius 3 is 2.30 bits per heavy atom. The van der Waals surface area contributed by atoms with Crippen LogP contribution < -0.4 is 4.90 Å². The molecule has 0 aromatic carbocycles. The van der Waals surface area contributed by atoms with Crippen LogP contribution in [0.2, 0.25) is 0 Å². The fourth-order valence-electron chi connectivity index (χ4n) is 2.05. The molecule has 4 nitrogen and oxygen atoms in total. The van der Waals surface area contributed by atoms with Gasteiger partial charge in [-0.25, -0.2) is 9.78 Å². The Balaban J connectivity index is 3.35. The van der Waals surface area contributed by atoms with Crippen molar-refractivity contribution in [3.8, 4) is 0 Å². The van der Waals surface area contributed by atoms with Gasteiger partial charge in [0.15, 0.2) is 0 Å². The summed E-state index contributed by atoms with van der Waals surface area (Å²) in [5.74, 6) is -1.44. The van der Waals surface area contributed by atoms with Crippen molar-refractivity contribution < 1.29 is 23.1 Å². The van der Waals surface area contributed by atoms with Gasteiger partial charge in [0.2, 0.25) is 0 Å². The zero-order valence-electron chi connectivity index (χ0n) is 11.5. The van der Waals surface area contributed by atoms with E-state index in [1.54, 1.807) is 7.05 Å². The summed E-state index contributed by atoms with van der Waals surface area (Å²) < 4.78 is 38.1. The van der Waals surface area contributed by atoms with Crippen molar-refractivity contribution in [2.45, 2.75) is 38.9 Å². The summed E-state index contributed by atoms with van der Waals surface area (Å²) in [6.07, 6.45) is -3.23. The molecule has 20 heavy (non-hydrogen) atoms. The van der Waals surface area contributed by atoms with E-state index in [1.807, 2.05) is 13.8 Å². The monoisotopic (exact) mass is 290 g/mol. The van der Waals surface area contributed by atoms with Crippen LogP contribution in [-0.4, -0.2) is 29.1 Å². The lowest BCUT2D eigenvalue weighted by atomic mass is 10.1. The molecule has 0 saturated carbocycles. The van der Waals surface area contributed by atoms with Crippen LogP contribution >= 0.6 is 0 Å². The topological polar surface area (TPSA) is 53.4 Å². The van der Waals surface area contributed by atoms with Crippen molar-refractivity contribution in [3.63, 3.8) is 0 Å². The molecule has 0 bridgehead atoms. The standard InChI is InChI=1S/C13H17F3N2O2/c1-4-8(5-2)18(3)11-9(12(19)20)6-7-10(17-11)13(14,15)16/h6-8H,4-5H2,1-3H3,(H,19,20). The molecular weight excluding hydrogens is 273 g/mol. The number of carbonyl (C=O) groups is 1. The Morgan fingerprint density at radius 1 is 1.35 bits per heavy atom. The molecule has 0 aliphatic carbocycles.